The summed E-state index contributed by atoms with van der Waals surface area (Å²) in [5.41, 5.74) is 6.49. The highest BCUT2D eigenvalue weighted by Gasteiger charge is 2.05. The maximum atomic E-state index is 5.84. The Hall–Kier alpha value is -1.22. The summed E-state index contributed by atoms with van der Waals surface area (Å²) in [6.07, 6.45) is 8.07. The van der Waals surface area contributed by atoms with Crippen LogP contribution in [0.5, 0.6) is 5.75 Å². The molecule has 1 aliphatic carbocycles. The van der Waals surface area contributed by atoms with Crippen molar-refractivity contribution in [1.82, 2.24) is 0 Å². The average Bonchev–Trinajstić information content (AvgIpc) is 2.24. The fourth-order valence-corrected chi connectivity index (χ4v) is 1.80. The lowest BCUT2D eigenvalue weighted by Gasteiger charge is -2.12. The molecule has 0 saturated carbocycles. The highest BCUT2D eigenvalue weighted by molar-refractivity contribution is 9.10. The van der Waals surface area contributed by atoms with Crippen molar-refractivity contribution in [3.05, 3.63) is 46.7 Å². The topological polar surface area (TPSA) is 35.2 Å². The zero-order chi connectivity index (χ0) is 10.7. The van der Waals surface area contributed by atoms with Crippen LogP contribution in [0.3, 0.4) is 0 Å². The van der Waals surface area contributed by atoms with Crippen molar-refractivity contribution in [3.63, 3.8) is 0 Å². The number of benzene rings is 1. The van der Waals surface area contributed by atoms with Crippen LogP contribution >= 0.6 is 15.9 Å². The molecule has 1 aromatic rings. The Kier molecular flexibility index (Phi) is 3.11. The van der Waals surface area contributed by atoms with E-state index in [0.29, 0.717) is 5.69 Å². The summed E-state index contributed by atoms with van der Waals surface area (Å²) in [6.45, 7) is 0. The van der Waals surface area contributed by atoms with Crippen LogP contribution in [0, 0.1) is 0 Å². The van der Waals surface area contributed by atoms with Gasteiger partial charge < -0.3 is 10.5 Å². The molecule has 2 nitrogen and oxygen atoms in total. The molecule has 0 radical (unpaired) electrons. The Morgan fingerprint density at radius 2 is 2.20 bits per heavy atom. The Morgan fingerprint density at radius 1 is 1.33 bits per heavy atom. The van der Waals surface area contributed by atoms with Gasteiger partial charge in [-0.25, -0.2) is 0 Å². The molecule has 0 heterocycles. The summed E-state index contributed by atoms with van der Waals surface area (Å²) in [5.74, 6) is 1.69. The quantitative estimate of drug-likeness (QED) is 0.829. The minimum absolute atomic E-state index is 0.653. The standard InChI is InChI=1S/C12H12BrNO/c13-9-6-7-12(11(14)8-9)15-10-4-2-1-3-5-10/h1-2,4,6-8H,3,5,14H2. The van der Waals surface area contributed by atoms with Crippen molar-refractivity contribution < 1.29 is 4.74 Å². The van der Waals surface area contributed by atoms with Crippen molar-refractivity contribution in [1.29, 1.82) is 0 Å². The first-order chi connectivity index (χ1) is 7.25. The fourth-order valence-electron chi connectivity index (χ4n) is 1.42. The summed E-state index contributed by atoms with van der Waals surface area (Å²) < 4.78 is 6.67. The fraction of sp³-hybridized carbons (Fsp3) is 0.167. The number of rotatable bonds is 2. The molecular formula is C12H12BrNO. The SMILES string of the molecule is Nc1cc(Br)ccc1OC1=CC=CCC1. The van der Waals surface area contributed by atoms with Gasteiger partial charge >= 0.3 is 0 Å². The predicted octanol–water partition coefficient (Wildman–Crippen LogP) is 3.64. The van der Waals surface area contributed by atoms with Gasteiger partial charge in [-0.15, -0.1) is 0 Å². The van der Waals surface area contributed by atoms with Crippen LogP contribution in [0.2, 0.25) is 0 Å². The molecule has 0 fully saturated rings. The van der Waals surface area contributed by atoms with Gasteiger partial charge in [-0.3, -0.25) is 0 Å². The zero-order valence-electron chi connectivity index (χ0n) is 8.24. The van der Waals surface area contributed by atoms with Crippen molar-refractivity contribution in [2.24, 2.45) is 0 Å². The maximum absolute atomic E-state index is 5.84. The van der Waals surface area contributed by atoms with Crippen LogP contribution in [-0.4, -0.2) is 0 Å². The van der Waals surface area contributed by atoms with E-state index in [1.807, 2.05) is 30.4 Å². The largest absolute Gasteiger partial charge is 0.460 e. The van der Waals surface area contributed by atoms with Gasteiger partial charge in [0.1, 0.15) is 11.5 Å². The van der Waals surface area contributed by atoms with E-state index in [9.17, 15) is 0 Å². The Bertz CT molecular complexity index is 424. The van der Waals surface area contributed by atoms with Gasteiger partial charge in [0, 0.05) is 10.9 Å². The Labute approximate surface area is 97.6 Å². The molecule has 0 amide bonds. The van der Waals surface area contributed by atoms with Gasteiger partial charge in [0.2, 0.25) is 0 Å². The lowest BCUT2D eigenvalue weighted by Crippen LogP contribution is -2.00. The molecule has 0 aliphatic heterocycles. The number of halogens is 1. The number of hydrogen-bond acceptors (Lipinski definition) is 2. The van der Waals surface area contributed by atoms with Crippen molar-refractivity contribution in [3.8, 4) is 5.75 Å². The molecule has 0 atom stereocenters. The maximum Gasteiger partial charge on any atom is 0.149 e. The van der Waals surface area contributed by atoms with Crippen molar-refractivity contribution in [2.75, 3.05) is 5.73 Å². The number of nitrogens with two attached hydrogens (primary N) is 1. The second-order valence-corrected chi connectivity index (χ2v) is 4.30. The third kappa shape index (κ3) is 2.63. The number of anilines is 1. The monoisotopic (exact) mass is 265 g/mol. The van der Waals surface area contributed by atoms with Crippen molar-refractivity contribution in [2.45, 2.75) is 12.8 Å². The minimum Gasteiger partial charge on any atom is -0.460 e. The van der Waals surface area contributed by atoms with E-state index in [-0.39, 0.29) is 0 Å². The summed E-state index contributed by atoms with van der Waals surface area (Å²) in [7, 11) is 0. The van der Waals surface area contributed by atoms with Gasteiger partial charge in [-0.1, -0.05) is 28.1 Å². The number of allylic oxidation sites excluding steroid dienone is 4. The van der Waals surface area contributed by atoms with Gasteiger partial charge in [0.25, 0.3) is 0 Å². The van der Waals surface area contributed by atoms with Crippen molar-refractivity contribution >= 4 is 21.6 Å². The van der Waals surface area contributed by atoms with Crippen LogP contribution in [0.4, 0.5) is 5.69 Å². The normalized spacial score (nSPS) is 14.9. The average molecular weight is 266 g/mol. The molecule has 1 aliphatic rings. The molecular weight excluding hydrogens is 254 g/mol. The smallest absolute Gasteiger partial charge is 0.149 e. The van der Waals surface area contributed by atoms with Gasteiger partial charge in [-0.2, -0.15) is 0 Å². The summed E-state index contributed by atoms with van der Waals surface area (Å²) >= 11 is 3.36. The Morgan fingerprint density at radius 3 is 2.87 bits per heavy atom. The third-order valence-corrected chi connectivity index (χ3v) is 2.68. The van der Waals surface area contributed by atoms with Gasteiger partial charge in [-0.05, 0) is 30.7 Å². The first kappa shape index (κ1) is 10.3. The second-order valence-electron chi connectivity index (χ2n) is 3.38. The lowest BCUT2D eigenvalue weighted by molar-refractivity contribution is 0.404. The molecule has 2 N–H and O–H groups in total. The van der Waals surface area contributed by atoms with Crippen LogP contribution in [0.25, 0.3) is 0 Å². The molecule has 2 rings (SSSR count). The Balaban J connectivity index is 2.17. The molecule has 15 heavy (non-hydrogen) atoms. The molecule has 0 unspecified atom stereocenters. The van der Waals surface area contributed by atoms with E-state index in [2.05, 4.69) is 22.0 Å². The van der Waals surface area contributed by atoms with E-state index in [1.54, 1.807) is 0 Å². The number of nitrogen functional groups attached to an aromatic ring is 1. The summed E-state index contributed by atoms with van der Waals surface area (Å²) in [4.78, 5) is 0. The second kappa shape index (κ2) is 4.53. The molecule has 78 valence electrons. The predicted molar refractivity (Wildman–Crippen MR) is 65.6 cm³/mol. The van der Waals surface area contributed by atoms with E-state index in [0.717, 1.165) is 28.8 Å². The molecule has 0 spiro atoms. The highest BCUT2D eigenvalue weighted by Crippen LogP contribution is 2.28. The molecule has 0 bridgehead atoms. The molecule has 0 aromatic heterocycles. The zero-order valence-corrected chi connectivity index (χ0v) is 9.83. The van der Waals surface area contributed by atoms with Crippen LogP contribution < -0.4 is 10.5 Å². The first-order valence-electron chi connectivity index (χ1n) is 4.84. The summed E-state index contributed by atoms with van der Waals surface area (Å²) in [5, 5.41) is 0. The van der Waals surface area contributed by atoms with E-state index < -0.39 is 0 Å². The van der Waals surface area contributed by atoms with Gasteiger partial charge in [0.15, 0.2) is 0 Å². The minimum atomic E-state index is 0.653. The molecule has 3 heteroatoms. The van der Waals surface area contributed by atoms with E-state index in [4.69, 9.17) is 10.5 Å². The van der Waals surface area contributed by atoms with E-state index in [1.165, 1.54) is 0 Å². The molecule has 1 aromatic carbocycles. The van der Waals surface area contributed by atoms with E-state index >= 15 is 0 Å². The summed E-state index contributed by atoms with van der Waals surface area (Å²) in [6, 6.07) is 5.64. The van der Waals surface area contributed by atoms with Crippen LogP contribution in [0.15, 0.2) is 46.7 Å². The lowest BCUT2D eigenvalue weighted by atomic mass is 10.1. The van der Waals surface area contributed by atoms with Gasteiger partial charge in [0.05, 0.1) is 5.69 Å². The third-order valence-electron chi connectivity index (χ3n) is 2.19. The van der Waals surface area contributed by atoms with Crippen LogP contribution in [0.1, 0.15) is 12.8 Å². The first-order valence-corrected chi connectivity index (χ1v) is 5.63. The number of ether oxygens (including phenoxy) is 1. The number of hydrogen-bond donors (Lipinski definition) is 1. The highest BCUT2D eigenvalue weighted by atomic mass is 79.9. The molecule has 0 saturated heterocycles. The van der Waals surface area contributed by atoms with Crippen LogP contribution in [-0.2, 0) is 0 Å².